The molecule has 0 amide bonds. The second-order valence-electron chi connectivity index (χ2n) is 19.4. The number of carboxylic acids is 1. The molecule has 0 aromatic heterocycles. The highest BCUT2D eigenvalue weighted by atomic mass is 16.7. The van der Waals surface area contributed by atoms with E-state index in [9.17, 15) is 29.1 Å². The van der Waals surface area contributed by atoms with Crippen molar-refractivity contribution in [3.63, 3.8) is 0 Å². The first-order chi connectivity index (χ1) is 27.2. The van der Waals surface area contributed by atoms with E-state index in [4.69, 9.17) is 33.2 Å². The molecule has 2 heterocycles. The Bertz CT molecular complexity index is 1860. The maximum atomic E-state index is 14.4. The molecular formula is C45H63NO13. The number of ether oxygens (including phenoxy) is 7. The van der Waals surface area contributed by atoms with Crippen LogP contribution in [-0.4, -0.2) is 97.9 Å². The fourth-order valence-corrected chi connectivity index (χ4v) is 6.80. The zero-order valence-electron chi connectivity index (χ0n) is 37.1. The highest BCUT2D eigenvalue weighted by molar-refractivity contribution is 5.83. The van der Waals surface area contributed by atoms with Crippen LogP contribution in [0.25, 0.3) is 0 Å². The fraction of sp³-hybridized carbons (Fsp3) is 0.622. The lowest BCUT2D eigenvalue weighted by molar-refractivity contribution is -0.294. The molecule has 2 aromatic rings. The van der Waals surface area contributed by atoms with Crippen molar-refractivity contribution in [2.24, 2.45) is 21.7 Å². The van der Waals surface area contributed by atoms with Crippen molar-refractivity contribution in [1.82, 2.24) is 4.90 Å². The number of nitrogens with zero attached hydrogens (tertiary/aromatic N) is 1. The Kier molecular flexibility index (Phi) is 13.9. The summed E-state index contributed by atoms with van der Waals surface area (Å²) >= 11 is 0. The third-order valence-electron chi connectivity index (χ3n) is 10.3. The number of methoxy groups -OCH3 is 2. The van der Waals surface area contributed by atoms with Gasteiger partial charge in [-0.2, -0.15) is 0 Å². The number of hydrogen-bond donors (Lipinski definition) is 1. The molecule has 0 spiro atoms. The van der Waals surface area contributed by atoms with Crippen molar-refractivity contribution in [1.29, 1.82) is 0 Å². The van der Waals surface area contributed by atoms with Gasteiger partial charge in [0.1, 0.15) is 12.7 Å². The van der Waals surface area contributed by atoms with Crippen LogP contribution in [0.5, 0.6) is 11.5 Å². The van der Waals surface area contributed by atoms with E-state index in [0.29, 0.717) is 22.4 Å². The molecule has 1 fully saturated rings. The van der Waals surface area contributed by atoms with Gasteiger partial charge < -0.3 is 38.3 Å². The molecular weight excluding hydrogens is 762 g/mol. The van der Waals surface area contributed by atoms with Crippen LogP contribution in [0.3, 0.4) is 0 Å². The Morgan fingerprint density at radius 3 is 1.64 bits per heavy atom. The first kappa shape index (κ1) is 47.0. The van der Waals surface area contributed by atoms with Crippen molar-refractivity contribution >= 4 is 29.8 Å². The number of carbonyl (C=O) groups excluding carboxylic acids is 4. The van der Waals surface area contributed by atoms with Crippen molar-refractivity contribution in [3.05, 3.63) is 59.2 Å². The molecule has 0 saturated carbocycles. The monoisotopic (exact) mass is 825 g/mol. The first-order valence-electron chi connectivity index (χ1n) is 19.9. The summed E-state index contributed by atoms with van der Waals surface area (Å²) in [6.45, 7) is 19.3. The Labute approximate surface area is 348 Å². The summed E-state index contributed by atoms with van der Waals surface area (Å²) in [6, 6.07) is 12.4. The Morgan fingerprint density at radius 2 is 1.17 bits per heavy atom. The Hall–Kier alpha value is -4.69. The van der Waals surface area contributed by atoms with E-state index >= 15 is 0 Å². The molecule has 2 aromatic carbocycles. The largest absolute Gasteiger partial charge is 0.493 e. The summed E-state index contributed by atoms with van der Waals surface area (Å²) in [7, 11) is 2.94. The second-order valence-corrected chi connectivity index (χ2v) is 19.4. The molecule has 1 N–H and O–H groups in total. The zero-order chi connectivity index (χ0) is 44.5. The number of rotatable bonds is 11. The standard InChI is InChI=1S/C45H63NO13/c1-41(2,3)37(49)55-25-31-32(57-38(50)42(4,5)6)33(58-39(51)43(7,8)9)34(59-40(52)44(10,11)12)35(56-31)46-21-20-27-22-29(53-13)30(54-14)23-28(27)45(46,36(47)48)24-26-18-16-15-17-19-26/h15-19,22-23,31-35H,20-21,24-25H2,1-14H3,(H,47,48)/t31-,32+,33+,34-,35-,45-/m1/s1. The number of fused-ring (bicyclic) bond motifs is 1. The van der Waals surface area contributed by atoms with Gasteiger partial charge in [0, 0.05) is 13.0 Å². The highest BCUT2D eigenvalue weighted by Gasteiger charge is 2.61. The Balaban J connectivity index is 2.09. The number of carboxylic acid groups (broad SMARTS) is 1. The van der Waals surface area contributed by atoms with E-state index in [0.717, 1.165) is 0 Å². The summed E-state index contributed by atoms with van der Waals surface area (Å²) in [4.78, 5) is 71.1. The van der Waals surface area contributed by atoms with Crippen LogP contribution in [0.4, 0.5) is 0 Å². The van der Waals surface area contributed by atoms with E-state index < -0.39 is 94.3 Å². The molecule has 2 aliphatic heterocycles. The first-order valence-corrected chi connectivity index (χ1v) is 19.9. The number of esters is 4. The van der Waals surface area contributed by atoms with Gasteiger partial charge in [0.25, 0.3) is 0 Å². The number of carbonyl (C=O) groups is 5. The lowest BCUT2D eigenvalue weighted by Gasteiger charge is -2.54. The number of hydrogen-bond acceptors (Lipinski definition) is 13. The minimum absolute atomic E-state index is 0.0245. The van der Waals surface area contributed by atoms with Crippen LogP contribution in [-0.2, 0) is 66.0 Å². The van der Waals surface area contributed by atoms with Crippen LogP contribution < -0.4 is 9.47 Å². The van der Waals surface area contributed by atoms with Crippen LogP contribution in [0.1, 0.15) is 99.8 Å². The third kappa shape index (κ3) is 10.4. The van der Waals surface area contributed by atoms with Crippen LogP contribution in [0.2, 0.25) is 0 Å². The summed E-state index contributed by atoms with van der Waals surface area (Å²) in [6.07, 6.45) is -7.34. The smallest absolute Gasteiger partial charge is 0.329 e. The molecule has 0 aliphatic carbocycles. The van der Waals surface area contributed by atoms with Gasteiger partial charge in [-0.3, -0.25) is 24.1 Å². The van der Waals surface area contributed by atoms with E-state index in [-0.39, 0.29) is 25.1 Å². The Morgan fingerprint density at radius 1 is 0.695 bits per heavy atom. The molecule has 0 bridgehead atoms. The van der Waals surface area contributed by atoms with Crippen molar-refractivity contribution in [2.75, 3.05) is 27.4 Å². The third-order valence-corrected chi connectivity index (χ3v) is 10.3. The van der Waals surface area contributed by atoms with Gasteiger partial charge in [-0.15, -0.1) is 0 Å². The number of aliphatic carboxylic acids is 1. The van der Waals surface area contributed by atoms with Crippen molar-refractivity contribution in [3.8, 4) is 11.5 Å². The quantitative estimate of drug-likeness (QED) is 0.198. The SMILES string of the molecule is COc1cc2c(cc1OC)[C@](Cc1ccccc1)(C(=O)O)N([C@@H]1O[C@H](COC(=O)C(C)(C)C)[C@H](OC(=O)C(C)(C)C)[C@H](OC(=O)C(C)(C)C)[C@H]1OC(=O)C(C)(C)C)CC2. The van der Waals surface area contributed by atoms with E-state index in [2.05, 4.69) is 0 Å². The van der Waals surface area contributed by atoms with Crippen LogP contribution in [0.15, 0.2) is 42.5 Å². The predicted molar refractivity (Wildman–Crippen MR) is 216 cm³/mol. The average Bonchev–Trinajstić information content (AvgIpc) is 3.13. The molecule has 326 valence electrons. The molecule has 59 heavy (non-hydrogen) atoms. The van der Waals surface area contributed by atoms with Crippen LogP contribution in [0, 0.1) is 21.7 Å². The predicted octanol–water partition coefficient (Wildman–Crippen LogP) is 6.27. The summed E-state index contributed by atoms with van der Waals surface area (Å²) in [5, 5.41) is 11.7. The maximum absolute atomic E-state index is 14.4. The van der Waals surface area contributed by atoms with Gasteiger partial charge in [-0.1, -0.05) is 30.3 Å². The maximum Gasteiger partial charge on any atom is 0.329 e. The van der Waals surface area contributed by atoms with Gasteiger partial charge in [0.15, 0.2) is 41.6 Å². The van der Waals surface area contributed by atoms with E-state index in [1.807, 2.05) is 6.07 Å². The van der Waals surface area contributed by atoms with Gasteiger partial charge >= 0.3 is 29.8 Å². The summed E-state index contributed by atoms with van der Waals surface area (Å²) in [5.41, 5.74) is -4.48. The zero-order valence-corrected chi connectivity index (χ0v) is 37.1. The van der Waals surface area contributed by atoms with Gasteiger partial charge in [-0.05, 0) is 118 Å². The highest BCUT2D eigenvalue weighted by Crippen LogP contribution is 2.47. The number of benzene rings is 2. The van der Waals surface area contributed by atoms with Gasteiger partial charge in [-0.25, -0.2) is 4.79 Å². The molecule has 2 aliphatic rings. The molecule has 0 radical (unpaired) electrons. The lowest BCUT2D eigenvalue weighted by Crippen LogP contribution is -2.71. The van der Waals surface area contributed by atoms with Gasteiger partial charge in [0.05, 0.1) is 35.9 Å². The minimum atomic E-state index is -1.95. The summed E-state index contributed by atoms with van der Waals surface area (Å²) in [5.74, 6) is -3.32. The second kappa shape index (κ2) is 17.5. The molecule has 1 saturated heterocycles. The minimum Gasteiger partial charge on any atom is -0.493 e. The van der Waals surface area contributed by atoms with E-state index in [1.54, 1.807) is 124 Å². The normalized spacial score (nSPS) is 23.9. The molecule has 14 heteroatoms. The van der Waals surface area contributed by atoms with Crippen molar-refractivity contribution in [2.45, 2.75) is 132 Å². The molecule has 0 unspecified atom stereocenters. The summed E-state index contributed by atoms with van der Waals surface area (Å²) < 4.78 is 42.8. The average molecular weight is 826 g/mol. The van der Waals surface area contributed by atoms with Crippen LogP contribution >= 0.6 is 0 Å². The lowest BCUT2D eigenvalue weighted by atomic mass is 9.75. The molecule has 6 atom stereocenters. The topological polar surface area (TPSA) is 173 Å². The molecule has 14 nitrogen and oxygen atoms in total. The van der Waals surface area contributed by atoms with Gasteiger partial charge in [0.2, 0.25) is 0 Å². The van der Waals surface area contributed by atoms with E-state index in [1.165, 1.54) is 14.2 Å². The molecule has 4 rings (SSSR count). The van der Waals surface area contributed by atoms with Crippen molar-refractivity contribution < 1.29 is 62.2 Å². The fourth-order valence-electron chi connectivity index (χ4n) is 6.80.